The number of allylic oxidation sites excluding steroid dienone is 2. The summed E-state index contributed by atoms with van der Waals surface area (Å²) in [5.41, 5.74) is 0.940. The summed E-state index contributed by atoms with van der Waals surface area (Å²) in [5.74, 6) is -0.172. The van der Waals surface area contributed by atoms with Crippen LogP contribution in [0.2, 0.25) is 0 Å². The molecule has 4 rings (SSSR count). The molecule has 1 aliphatic heterocycles. The fourth-order valence-corrected chi connectivity index (χ4v) is 4.23. The molecule has 0 radical (unpaired) electrons. The number of carbonyl (C=O) groups excluding carboxylic acids is 3. The maximum Gasteiger partial charge on any atom is 0.325 e. The van der Waals surface area contributed by atoms with Crippen LogP contribution in [0.3, 0.4) is 0 Å². The van der Waals surface area contributed by atoms with Crippen molar-refractivity contribution in [3.63, 3.8) is 0 Å². The maximum absolute atomic E-state index is 13.0. The van der Waals surface area contributed by atoms with Crippen LogP contribution in [0.5, 0.6) is 0 Å². The Labute approximate surface area is 152 Å². The van der Waals surface area contributed by atoms with E-state index >= 15 is 0 Å². The van der Waals surface area contributed by atoms with Gasteiger partial charge in [-0.25, -0.2) is 4.79 Å². The number of nitrogens with zero attached hydrogens (tertiary/aromatic N) is 1. The van der Waals surface area contributed by atoms with E-state index in [4.69, 9.17) is 0 Å². The Morgan fingerprint density at radius 1 is 1.27 bits per heavy atom. The lowest BCUT2D eigenvalue weighted by Crippen LogP contribution is -2.44. The van der Waals surface area contributed by atoms with Gasteiger partial charge in [-0.1, -0.05) is 36.4 Å². The van der Waals surface area contributed by atoms with Gasteiger partial charge in [0.15, 0.2) is 0 Å². The van der Waals surface area contributed by atoms with Gasteiger partial charge in [0.05, 0.1) is 0 Å². The summed E-state index contributed by atoms with van der Waals surface area (Å²) in [7, 11) is 0. The van der Waals surface area contributed by atoms with Gasteiger partial charge in [-0.3, -0.25) is 14.5 Å². The number of carbonyl (C=O) groups is 3. The van der Waals surface area contributed by atoms with E-state index in [1.165, 1.54) is 0 Å². The number of benzene rings is 1. The van der Waals surface area contributed by atoms with Gasteiger partial charge in [-0.2, -0.15) is 0 Å². The number of rotatable bonds is 4. The standard InChI is InChI=1S/C20H23N3O3/c24-17(21-12-14-6-2-1-3-7-14)13-23-18(25)20(22-19(23)26)11-10-15-8-4-5-9-16(15)20/h1-2,4-5,8-9,14H,3,6-7,10-13H2,(H,21,24)(H,22,26). The average Bonchev–Trinajstić information content (AvgIpc) is 3.15. The van der Waals surface area contributed by atoms with E-state index in [-0.39, 0.29) is 18.4 Å². The zero-order chi connectivity index (χ0) is 18.1. The van der Waals surface area contributed by atoms with Crippen molar-refractivity contribution in [3.8, 4) is 0 Å². The number of fused-ring (bicyclic) bond motifs is 2. The topological polar surface area (TPSA) is 78.5 Å². The summed E-state index contributed by atoms with van der Waals surface area (Å²) in [4.78, 5) is 38.7. The van der Waals surface area contributed by atoms with Crippen LogP contribution in [-0.2, 0) is 21.5 Å². The van der Waals surface area contributed by atoms with Crippen molar-refractivity contribution in [3.05, 3.63) is 47.5 Å². The molecule has 1 heterocycles. The first-order valence-corrected chi connectivity index (χ1v) is 9.24. The first-order chi connectivity index (χ1) is 12.6. The maximum atomic E-state index is 13.0. The fraction of sp³-hybridized carbons (Fsp3) is 0.450. The second-order valence-corrected chi connectivity index (χ2v) is 7.34. The summed E-state index contributed by atoms with van der Waals surface area (Å²) >= 11 is 0. The summed E-state index contributed by atoms with van der Waals surface area (Å²) in [6.45, 7) is 0.359. The molecule has 2 aliphatic carbocycles. The molecule has 3 aliphatic rings. The summed E-state index contributed by atoms with van der Waals surface area (Å²) in [6, 6.07) is 7.20. The highest BCUT2D eigenvalue weighted by molar-refractivity contribution is 6.09. The third-order valence-electron chi connectivity index (χ3n) is 5.69. The number of hydrogen-bond donors (Lipinski definition) is 2. The quantitative estimate of drug-likeness (QED) is 0.640. The van der Waals surface area contributed by atoms with Crippen LogP contribution in [0.4, 0.5) is 4.79 Å². The summed E-state index contributed by atoms with van der Waals surface area (Å²) in [6.07, 6.45) is 8.64. The van der Waals surface area contributed by atoms with Gasteiger partial charge in [0.25, 0.3) is 5.91 Å². The van der Waals surface area contributed by atoms with E-state index in [9.17, 15) is 14.4 Å². The van der Waals surface area contributed by atoms with Gasteiger partial charge in [0.1, 0.15) is 12.1 Å². The van der Waals surface area contributed by atoms with E-state index < -0.39 is 11.6 Å². The zero-order valence-corrected chi connectivity index (χ0v) is 14.7. The predicted octanol–water partition coefficient (Wildman–Crippen LogP) is 1.85. The van der Waals surface area contributed by atoms with Crippen LogP contribution in [-0.4, -0.2) is 35.8 Å². The molecule has 0 saturated carbocycles. The second kappa shape index (κ2) is 6.59. The largest absolute Gasteiger partial charge is 0.354 e. The molecule has 0 aromatic heterocycles. The molecular weight excluding hydrogens is 330 g/mol. The van der Waals surface area contributed by atoms with Gasteiger partial charge in [-0.05, 0) is 49.1 Å². The summed E-state index contributed by atoms with van der Waals surface area (Å²) in [5, 5.41) is 5.72. The zero-order valence-electron chi connectivity index (χ0n) is 14.7. The van der Waals surface area contributed by atoms with E-state index in [1.54, 1.807) is 0 Å². The highest BCUT2D eigenvalue weighted by atomic mass is 16.2. The monoisotopic (exact) mass is 353 g/mol. The molecule has 1 aromatic carbocycles. The van der Waals surface area contributed by atoms with E-state index in [2.05, 4.69) is 22.8 Å². The number of hydrogen-bond acceptors (Lipinski definition) is 3. The smallest absolute Gasteiger partial charge is 0.325 e. The van der Waals surface area contributed by atoms with E-state index in [0.717, 1.165) is 41.7 Å². The number of aryl methyl sites for hydroxylation is 1. The van der Waals surface area contributed by atoms with Gasteiger partial charge in [-0.15, -0.1) is 0 Å². The van der Waals surface area contributed by atoms with Crippen molar-refractivity contribution in [2.24, 2.45) is 5.92 Å². The highest BCUT2D eigenvalue weighted by Crippen LogP contribution is 2.41. The molecule has 4 amide bonds. The van der Waals surface area contributed by atoms with Crippen molar-refractivity contribution in [1.82, 2.24) is 15.5 Å². The first-order valence-electron chi connectivity index (χ1n) is 9.24. The molecule has 6 nitrogen and oxygen atoms in total. The summed E-state index contributed by atoms with van der Waals surface area (Å²) < 4.78 is 0. The van der Waals surface area contributed by atoms with Crippen LogP contribution in [0.15, 0.2) is 36.4 Å². The first kappa shape index (κ1) is 16.8. The molecule has 6 heteroatoms. The van der Waals surface area contributed by atoms with Crippen LogP contribution in [0, 0.1) is 5.92 Å². The van der Waals surface area contributed by atoms with Crippen LogP contribution < -0.4 is 10.6 Å². The van der Waals surface area contributed by atoms with Crippen LogP contribution >= 0.6 is 0 Å². The van der Waals surface area contributed by atoms with E-state index in [1.807, 2.05) is 24.3 Å². The molecule has 136 valence electrons. The minimum Gasteiger partial charge on any atom is -0.354 e. The second-order valence-electron chi connectivity index (χ2n) is 7.34. The van der Waals surface area contributed by atoms with Gasteiger partial charge < -0.3 is 10.6 Å². The van der Waals surface area contributed by atoms with Crippen LogP contribution in [0.1, 0.15) is 36.8 Å². The molecule has 2 N–H and O–H groups in total. The number of amides is 4. The minimum atomic E-state index is -0.998. The molecule has 1 aromatic rings. The lowest BCUT2D eigenvalue weighted by atomic mass is 9.92. The van der Waals surface area contributed by atoms with Crippen molar-refractivity contribution in [2.75, 3.05) is 13.1 Å². The van der Waals surface area contributed by atoms with Crippen molar-refractivity contribution >= 4 is 17.8 Å². The van der Waals surface area contributed by atoms with Gasteiger partial charge in [0.2, 0.25) is 5.91 Å². The molecule has 0 bridgehead atoms. The molecular formula is C20H23N3O3. The Morgan fingerprint density at radius 3 is 2.92 bits per heavy atom. The minimum absolute atomic E-state index is 0.225. The molecule has 1 saturated heterocycles. The van der Waals surface area contributed by atoms with Gasteiger partial charge in [0, 0.05) is 6.54 Å². The number of nitrogens with one attached hydrogen (secondary N) is 2. The van der Waals surface area contributed by atoms with Crippen molar-refractivity contribution in [2.45, 2.75) is 37.6 Å². The van der Waals surface area contributed by atoms with Crippen molar-refractivity contribution in [1.29, 1.82) is 0 Å². The van der Waals surface area contributed by atoms with E-state index in [0.29, 0.717) is 18.9 Å². The molecule has 2 unspecified atom stereocenters. The molecule has 1 fully saturated rings. The lowest BCUT2D eigenvalue weighted by Gasteiger charge is -2.22. The van der Waals surface area contributed by atoms with Gasteiger partial charge >= 0.3 is 6.03 Å². The third-order valence-corrected chi connectivity index (χ3v) is 5.69. The molecule has 1 spiro atoms. The molecule has 26 heavy (non-hydrogen) atoms. The fourth-order valence-electron chi connectivity index (χ4n) is 4.23. The SMILES string of the molecule is O=C(CN1C(=O)NC2(CCc3ccccc32)C1=O)NCC1CC=CCC1. The number of imide groups is 1. The Morgan fingerprint density at radius 2 is 2.12 bits per heavy atom. The van der Waals surface area contributed by atoms with Crippen molar-refractivity contribution < 1.29 is 14.4 Å². The number of urea groups is 1. The Hall–Kier alpha value is -2.63. The lowest BCUT2D eigenvalue weighted by molar-refractivity contribution is -0.135. The Bertz CT molecular complexity index is 788. The Kier molecular flexibility index (Phi) is 4.26. The highest BCUT2D eigenvalue weighted by Gasteiger charge is 2.55. The van der Waals surface area contributed by atoms with Crippen LogP contribution in [0.25, 0.3) is 0 Å². The third kappa shape index (κ3) is 2.79. The molecule has 2 atom stereocenters. The Balaban J connectivity index is 1.42. The average molecular weight is 353 g/mol. The predicted molar refractivity (Wildman–Crippen MR) is 96.2 cm³/mol. The normalized spacial score (nSPS) is 26.9.